The van der Waals surface area contributed by atoms with Crippen molar-refractivity contribution >= 4 is 22.4 Å². The highest BCUT2D eigenvalue weighted by Crippen LogP contribution is 2.21. The van der Waals surface area contributed by atoms with Gasteiger partial charge in [0.25, 0.3) is 5.56 Å². The Morgan fingerprint density at radius 3 is 2.96 bits per heavy atom. The number of carbonyl (C=O) groups is 1. The summed E-state index contributed by atoms with van der Waals surface area (Å²) in [7, 11) is 0. The number of aromatic amines is 2. The summed E-state index contributed by atoms with van der Waals surface area (Å²) in [5.41, 5.74) is 0.894. The average Bonchev–Trinajstić information content (AvgIpc) is 3.00. The second-order valence-electron chi connectivity index (χ2n) is 7.19. The number of hydrogen-bond acceptors (Lipinski definition) is 6. The summed E-state index contributed by atoms with van der Waals surface area (Å²) >= 11 is 1.41. The van der Waals surface area contributed by atoms with Gasteiger partial charge in [-0.2, -0.15) is 0 Å². The van der Waals surface area contributed by atoms with Crippen molar-refractivity contribution in [3.05, 3.63) is 43.2 Å². The largest absolute Gasteiger partial charge is 0.325 e. The maximum absolute atomic E-state index is 12.2. The molecule has 2 aromatic rings. The van der Waals surface area contributed by atoms with Gasteiger partial charge < -0.3 is 10.3 Å². The maximum Gasteiger partial charge on any atom is 0.325 e. The molecule has 1 fully saturated rings. The Bertz CT molecular complexity index is 916. The summed E-state index contributed by atoms with van der Waals surface area (Å²) < 4.78 is 0. The minimum absolute atomic E-state index is 0.147. The first-order valence-electron chi connectivity index (χ1n) is 9.19. The summed E-state index contributed by atoms with van der Waals surface area (Å²) in [4.78, 5) is 46.8. The molecule has 1 aliphatic rings. The van der Waals surface area contributed by atoms with Gasteiger partial charge in [0.05, 0.1) is 5.69 Å². The van der Waals surface area contributed by atoms with Crippen LogP contribution in [0.3, 0.4) is 0 Å². The van der Waals surface area contributed by atoms with E-state index in [0.29, 0.717) is 16.4 Å². The Kier molecular flexibility index (Phi) is 6.22. The van der Waals surface area contributed by atoms with Crippen LogP contribution in [0.15, 0.2) is 15.0 Å². The number of carbonyl (C=O) groups excluding carboxylic acids is 1. The van der Waals surface area contributed by atoms with E-state index in [9.17, 15) is 14.4 Å². The maximum atomic E-state index is 12.2. The highest BCUT2D eigenvalue weighted by Gasteiger charge is 2.17. The molecule has 9 heteroatoms. The first kappa shape index (κ1) is 19.5. The number of likely N-dealkylation sites (tertiary alicyclic amines) is 1. The lowest BCUT2D eigenvalue weighted by atomic mass is 10.0. The molecule has 0 spiro atoms. The number of H-pyrrole nitrogens is 2. The number of thiazole rings is 1. The van der Waals surface area contributed by atoms with Gasteiger partial charge in [0.1, 0.15) is 0 Å². The summed E-state index contributed by atoms with van der Waals surface area (Å²) in [5.74, 6) is 0.517. The summed E-state index contributed by atoms with van der Waals surface area (Å²) in [6.45, 7) is 6.91. The molecule has 0 radical (unpaired) electrons. The van der Waals surface area contributed by atoms with Crippen LogP contribution in [0.2, 0.25) is 0 Å². The SMILES string of the molecule is Cc1[nH]c(=O)[nH]c(=O)c1CCC(=O)Nc1nc(CN2CCC[C@@H](C)C2)cs1. The van der Waals surface area contributed by atoms with Crippen LogP contribution < -0.4 is 16.6 Å². The Hall–Kier alpha value is -2.26. The van der Waals surface area contributed by atoms with Gasteiger partial charge in [-0.15, -0.1) is 11.3 Å². The third kappa shape index (κ3) is 5.36. The molecule has 3 heterocycles. The van der Waals surface area contributed by atoms with E-state index in [1.165, 1.54) is 24.2 Å². The fourth-order valence-corrected chi connectivity index (χ4v) is 4.16. The first-order valence-corrected chi connectivity index (χ1v) is 10.1. The molecule has 0 aliphatic carbocycles. The minimum Gasteiger partial charge on any atom is -0.311 e. The summed E-state index contributed by atoms with van der Waals surface area (Å²) in [5, 5.41) is 5.35. The second kappa shape index (κ2) is 8.62. The fraction of sp³-hybridized carbons (Fsp3) is 0.556. The van der Waals surface area contributed by atoms with E-state index in [2.05, 4.69) is 32.1 Å². The van der Waals surface area contributed by atoms with Crippen molar-refractivity contribution < 1.29 is 4.79 Å². The monoisotopic (exact) mass is 391 g/mol. The van der Waals surface area contributed by atoms with Crippen molar-refractivity contribution in [3.8, 4) is 0 Å². The van der Waals surface area contributed by atoms with Crippen molar-refractivity contribution in [2.45, 2.75) is 46.1 Å². The first-order chi connectivity index (χ1) is 12.9. The molecule has 0 aromatic carbocycles. The molecule has 27 heavy (non-hydrogen) atoms. The van der Waals surface area contributed by atoms with Gasteiger partial charge in [-0.25, -0.2) is 9.78 Å². The zero-order chi connectivity index (χ0) is 19.4. The lowest BCUT2D eigenvalue weighted by Crippen LogP contribution is -2.33. The zero-order valence-corrected chi connectivity index (χ0v) is 16.4. The smallest absolute Gasteiger partial charge is 0.311 e. The summed E-state index contributed by atoms with van der Waals surface area (Å²) in [6.07, 6.45) is 2.91. The van der Waals surface area contributed by atoms with E-state index in [0.717, 1.165) is 31.2 Å². The number of nitrogens with zero attached hydrogens (tertiary/aromatic N) is 2. The Labute approximate surface area is 161 Å². The Balaban J connectivity index is 1.52. The number of rotatable bonds is 6. The standard InChI is InChI=1S/C18H25N5O3S/c1-11-4-3-7-23(8-11)9-13-10-27-18(20-13)21-15(24)6-5-14-12(2)19-17(26)22-16(14)25/h10-11H,3-9H2,1-2H3,(H,20,21,24)(H2,19,22,25,26)/t11-/m1/s1. The van der Waals surface area contributed by atoms with Crippen LogP contribution in [0.25, 0.3) is 0 Å². The minimum atomic E-state index is -0.538. The third-order valence-corrected chi connectivity index (χ3v) is 5.59. The van der Waals surface area contributed by atoms with Crippen molar-refractivity contribution in [1.82, 2.24) is 19.9 Å². The van der Waals surface area contributed by atoms with Crippen LogP contribution >= 0.6 is 11.3 Å². The Morgan fingerprint density at radius 2 is 2.22 bits per heavy atom. The van der Waals surface area contributed by atoms with E-state index in [1.54, 1.807) is 6.92 Å². The van der Waals surface area contributed by atoms with Crippen LogP contribution in [-0.4, -0.2) is 38.8 Å². The second-order valence-corrected chi connectivity index (χ2v) is 8.04. The molecule has 1 saturated heterocycles. The van der Waals surface area contributed by atoms with E-state index in [-0.39, 0.29) is 18.7 Å². The molecule has 8 nitrogen and oxygen atoms in total. The number of hydrogen-bond donors (Lipinski definition) is 3. The fourth-order valence-electron chi connectivity index (χ4n) is 3.44. The van der Waals surface area contributed by atoms with Gasteiger partial charge in [-0.05, 0) is 38.6 Å². The van der Waals surface area contributed by atoms with Crippen molar-refractivity contribution in [2.75, 3.05) is 18.4 Å². The topological polar surface area (TPSA) is 111 Å². The van der Waals surface area contributed by atoms with E-state index >= 15 is 0 Å². The van der Waals surface area contributed by atoms with E-state index < -0.39 is 11.2 Å². The van der Waals surface area contributed by atoms with Gasteiger partial charge >= 0.3 is 5.69 Å². The lowest BCUT2D eigenvalue weighted by Gasteiger charge is -2.30. The van der Waals surface area contributed by atoms with Crippen molar-refractivity contribution in [2.24, 2.45) is 5.92 Å². The van der Waals surface area contributed by atoms with Crippen LogP contribution in [0, 0.1) is 12.8 Å². The molecule has 146 valence electrons. The van der Waals surface area contributed by atoms with Crippen LogP contribution in [0.4, 0.5) is 5.13 Å². The number of nitrogens with one attached hydrogen (secondary N) is 3. The molecule has 1 aliphatic heterocycles. The molecule has 0 unspecified atom stereocenters. The molecule has 1 atom stereocenters. The predicted octanol–water partition coefficient (Wildman–Crippen LogP) is 1.63. The van der Waals surface area contributed by atoms with Gasteiger partial charge in [0, 0.05) is 36.1 Å². The molecule has 0 bridgehead atoms. The molecule has 3 N–H and O–H groups in total. The molecule has 0 saturated carbocycles. The molecular weight excluding hydrogens is 366 g/mol. The molecule has 1 amide bonds. The highest BCUT2D eigenvalue weighted by atomic mass is 32.1. The zero-order valence-electron chi connectivity index (χ0n) is 15.6. The van der Waals surface area contributed by atoms with E-state index in [1.807, 2.05) is 5.38 Å². The number of anilines is 1. The van der Waals surface area contributed by atoms with Gasteiger partial charge in [-0.1, -0.05) is 6.92 Å². The van der Waals surface area contributed by atoms with Crippen LogP contribution in [0.5, 0.6) is 0 Å². The molecule has 3 rings (SSSR count). The van der Waals surface area contributed by atoms with Gasteiger partial charge in [-0.3, -0.25) is 19.5 Å². The molecular formula is C18H25N5O3S. The number of aromatic nitrogens is 3. The lowest BCUT2D eigenvalue weighted by molar-refractivity contribution is -0.116. The summed E-state index contributed by atoms with van der Waals surface area (Å²) in [6, 6.07) is 0. The van der Waals surface area contributed by atoms with Crippen molar-refractivity contribution in [1.29, 1.82) is 0 Å². The van der Waals surface area contributed by atoms with Gasteiger partial charge in [0.2, 0.25) is 5.91 Å². The van der Waals surface area contributed by atoms with E-state index in [4.69, 9.17) is 0 Å². The third-order valence-electron chi connectivity index (χ3n) is 4.78. The number of amides is 1. The predicted molar refractivity (Wildman–Crippen MR) is 105 cm³/mol. The van der Waals surface area contributed by atoms with Crippen LogP contribution in [-0.2, 0) is 17.8 Å². The van der Waals surface area contributed by atoms with Crippen molar-refractivity contribution in [3.63, 3.8) is 0 Å². The average molecular weight is 391 g/mol. The number of piperidine rings is 1. The quantitative estimate of drug-likeness (QED) is 0.693. The highest BCUT2D eigenvalue weighted by molar-refractivity contribution is 7.13. The molecule has 2 aromatic heterocycles. The van der Waals surface area contributed by atoms with Crippen LogP contribution in [0.1, 0.15) is 43.1 Å². The van der Waals surface area contributed by atoms with Gasteiger partial charge in [0.15, 0.2) is 5.13 Å². The normalized spacial score (nSPS) is 17.8. The number of aryl methyl sites for hydroxylation is 1. The Morgan fingerprint density at radius 1 is 1.41 bits per heavy atom.